The van der Waals surface area contributed by atoms with Gasteiger partial charge in [0.25, 0.3) is 0 Å². The number of likely N-dealkylation sites (tertiary alicyclic amines) is 1. The fourth-order valence-corrected chi connectivity index (χ4v) is 1.56. The van der Waals surface area contributed by atoms with Crippen molar-refractivity contribution < 1.29 is 14.6 Å². The van der Waals surface area contributed by atoms with Crippen LogP contribution in [0.2, 0.25) is 0 Å². The molecule has 0 radical (unpaired) electrons. The minimum atomic E-state index is -0.593. The fraction of sp³-hybridized carbons (Fsp3) is 0.875. The molecule has 0 aromatic heterocycles. The SMILES string of the molecule is CO[C@@H]1CN(C(=O)[C@H](C)Cl)C[C@H]1O. The van der Waals surface area contributed by atoms with Crippen LogP contribution < -0.4 is 0 Å². The van der Waals surface area contributed by atoms with Gasteiger partial charge in [0.2, 0.25) is 5.91 Å². The molecule has 0 saturated carbocycles. The van der Waals surface area contributed by atoms with Crippen LogP contribution in [0.25, 0.3) is 0 Å². The summed E-state index contributed by atoms with van der Waals surface area (Å²) in [6, 6.07) is 0. The van der Waals surface area contributed by atoms with E-state index in [1.807, 2.05) is 0 Å². The smallest absolute Gasteiger partial charge is 0.240 e. The summed E-state index contributed by atoms with van der Waals surface area (Å²) in [7, 11) is 1.52. The topological polar surface area (TPSA) is 49.8 Å². The molecule has 13 heavy (non-hydrogen) atoms. The van der Waals surface area contributed by atoms with Crippen LogP contribution in [0, 0.1) is 0 Å². The van der Waals surface area contributed by atoms with Gasteiger partial charge in [-0.05, 0) is 6.92 Å². The Kier molecular flexibility index (Phi) is 3.53. The van der Waals surface area contributed by atoms with Gasteiger partial charge in [-0.2, -0.15) is 0 Å². The van der Waals surface area contributed by atoms with Crippen molar-refractivity contribution in [1.29, 1.82) is 0 Å². The maximum atomic E-state index is 11.4. The summed E-state index contributed by atoms with van der Waals surface area (Å²) in [4.78, 5) is 12.9. The molecule has 0 spiro atoms. The zero-order valence-corrected chi connectivity index (χ0v) is 8.49. The summed E-state index contributed by atoms with van der Waals surface area (Å²) in [6.07, 6.45) is -0.872. The lowest BCUT2D eigenvalue weighted by Gasteiger charge is -2.16. The van der Waals surface area contributed by atoms with Crippen molar-refractivity contribution in [2.45, 2.75) is 24.5 Å². The van der Waals surface area contributed by atoms with Crippen molar-refractivity contribution in [3.05, 3.63) is 0 Å². The maximum Gasteiger partial charge on any atom is 0.240 e. The van der Waals surface area contributed by atoms with Gasteiger partial charge in [-0.25, -0.2) is 0 Å². The second-order valence-electron chi connectivity index (χ2n) is 3.20. The molecular weight excluding hydrogens is 194 g/mol. The predicted molar refractivity (Wildman–Crippen MR) is 48.7 cm³/mol. The number of carbonyl (C=O) groups is 1. The van der Waals surface area contributed by atoms with Crippen LogP contribution in [0.1, 0.15) is 6.92 Å². The molecule has 0 aromatic carbocycles. The number of β-amino-alcohol motifs (C(OH)–C–C–N with tert-alkyl or cyclic N) is 1. The van der Waals surface area contributed by atoms with Crippen LogP contribution in [-0.4, -0.2) is 53.7 Å². The lowest BCUT2D eigenvalue weighted by Crippen LogP contribution is -2.34. The number of carbonyl (C=O) groups excluding carboxylic acids is 1. The summed E-state index contributed by atoms with van der Waals surface area (Å²) >= 11 is 5.63. The number of methoxy groups -OCH3 is 1. The molecule has 0 unspecified atom stereocenters. The van der Waals surface area contributed by atoms with Gasteiger partial charge in [-0.1, -0.05) is 0 Å². The number of hydrogen-bond donors (Lipinski definition) is 1. The first-order valence-electron chi connectivity index (χ1n) is 4.20. The Morgan fingerprint density at radius 2 is 2.31 bits per heavy atom. The third-order valence-corrected chi connectivity index (χ3v) is 2.38. The van der Waals surface area contributed by atoms with Crippen molar-refractivity contribution in [1.82, 2.24) is 4.90 Å². The molecule has 1 aliphatic rings. The van der Waals surface area contributed by atoms with Crippen LogP contribution in [0.3, 0.4) is 0 Å². The number of aliphatic hydroxyl groups is 1. The van der Waals surface area contributed by atoms with E-state index in [1.54, 1.807) is 6.92 Å². The van der Waals surface area contributed by atoms with Gasteiger partial charge in [-0.15, -0.1) is 11.6 Å². The summed E-state index contributed by atoms with van der Waals surface area (Å²) < 4.78 is 5.00. The van der Waals surface area contributed by atoms with Gasteiger partial charge >= 0.3 is 0 Å². The first kappa shape index (κ1) is 10.8. The summed E-state index contributed by atoms with van der Waals surface area (Å²) in [6.45, 7) is 2.36. The van der Waals surface area contributed by atoms with Crippen molar-refractivity contribution in [3.8, 4) is 0 Å². The second-order valence-corrected chi connectivity index (χ2v) is 3.86. The minimum Gasteiger partial charge on any atom is -0.388 e. The van der Waals surface area contributed by atoms with Gasteiger partial charge in [-0.3, -0.25) is 4.79 Å². The molecule has 1 amide bonds. The average molecular weight is 208 g/mol. The number of nitrogens with zero attached hydrogens (tertiary/aromatic N) is 1. The molecule has 1 rings (SSSR count). The van der Waals surface area contributed by atoms with E-state index in [0.717, 1.165) is 0 Å². The largest absolute Gasteiger partial charge is 0.388 e. The predicted octanol–water partition coefficient (Wildman–Crippen LogP) is -0.168. The molecule has 4 nitrogen and oxygen atoms in total. The Labute approximate surface area is 82.4 Å². The monoisotopic (exact) mass is 207 g/mol. The first-order chi connectivity index (χ1) is 6.06. The molecule has 1 heterocycles. The molecule has 0 aliphatic carbocycles. The number of rotatable bonds is 2. The molecule has 1 saturated heterocycles. The minimum absolute atomic E-state index is 0.153. The normalized spacial score (nSPS) is 30.6. The van der Waals surface area contributed by atoms with Crippen molar-refractivity contribution in [3.63, 3.8) is 0 Å². The zero-order chi connectivity index (χ0) is 10.0. The van der Waals surface area contributed by atoms with Gasteiger partial charge in [0, 0.05) is 20.2 Å². The first-order valence-corrected chi connectivity index (χ1v) is 4.63. The van der Waals surface area contributed by atoms with Gasteiger partial charge < -0.3 is 14.7 Å². The molecule has 0 bridgehead atoms. The van der Waals surface area contributed by atoms with E-state index >= 15 is 0 Å². The quantitative estimate of drug-likeness (QED) is 0.640. The Bertz CT molecular complexity index is 198. The highest BCUT2D eigenvalue weighted by Gasteiger charge is 2.34. The Hall–Kier alpha value is -0.320. The molecule has 0 aromatic rings. The Morgan fingerprint density at radius 1 is 1.69 bits per heavy atom. The summed E-state index contributed by atoms with van der Waals surface area (Å²) in [5.41, 5.74) is 0. The van der Waals surface area contributed by atoms with E-state index in [1.165, 1.54) is 12.0 Å². The lowest BCUT2D eigenvalue weighted by molar-refractivity contribution is -0.130. The Balaban J connectivity index is 2.53. The van der Waals surface area contributed by atoms with Crippen molar-refractivity contribution >= 4 is 17.5 Å². The zero-order valence-electron chi connectivity index (χ0n) is 7.74. The molecule has 1 fully saturated rings. The molecular formula is C8H14ClNO3. The van der Waals surface area contributed by atoms with E-state index in [-0.39, 0.29) is 12.0 Å². The Morgan fingerprint density at radius 3 is 2.69 bits per heavy atom. The van der Waals surface area contributed by atoms with Gasteiger partial charge in [0.05, 0.1) is 6.10 Å². The number of aliphatic hydroxyl groups excluding tert-OH is 1. The molecule has 1 aliphatic heterocycles. The van der Waals surface area contributed by atoms with Gasteiger partial charge in [0.1, 0.15) is 11.5 Å². The summed E-state index contributed by atoms with van der Waals surface area (Å²) in [5, 5.41) is 8.89. The number of halogens is 1. The van der Waals surface area contributed by atoms with Crippen molar-refractivity contribution in [2.75, 3.05) is 20.2 Å². The molecule has 3 atom stereocenters. The van der Waals surface area contributed by atoms with Gasteiger partial charge in [0.15, 0.2) is 0 Å². The summed E-state index contributed by atoms with van der Waals surface area (Å²) in [5.74, 6) is -0.153. The lowest BCUT2D eigenvalue weighted by atomic mass is 10.3. The van der Waals surface area contributed by atoms with Crippen LogP contribution in [0.4, 0.5) is 0 Å². The average Bonchev–Trinajstić information content (AvgIpc) is 2.45. The number of ether oxygens (including phenoxy) is 1. The molecule has 1 N–H and O–H groups in total. The van der Waals surface area contributed by atoms with Crippen LogP contribution >= 0.6 is 11.6 Å². The van der Waals surface area contributed by atoms with Crippen LogP contribution in [-0.2, 0) is 9.53 Å². The number of amides is 1. The molecule has 5 heteroatoms. The van der Waals surface area contributed by atoms with Crippen LogP contribution in [0.15, 0.2) is 0 Å². The highest BCUT2D eigenvalue weighted by Crippen LogP contribution is 2.15. The van der Waals surface area contributed by atoms with E-state index in [2.05, 4.69) is 0 Å². The third-order valence-electron chi connectivity index (χ3n) is 2.19. The van der Waals surface area contributed by atoms with E-state index in [9.17, 15) is 9.90 Å². The molecule has 76 valence electrons. The highest BCUT2D eigenvalue weighted by molar-refractivity contribution is 6.30. The fourth-order valence-electron chi connectivity index (χ4n) is 1.42. The van der Waals surface area contributed by atoms with Crippen LogP contribution in [0.5, 0.6) is 0 Å². The van der Waals surface area contributed by atoms with E-state index < -0.39 is 11.5 Å². The maximum absolute atomic E-state index is 11.4. The highest BCUT2D eigenvalue weighted by atomic mass is 35.5. The second kappa shape index (κ2) is 4.26. The standard InChI is InChI=1S/C8H14ClNO3/c1-5(9)8(12)10-3-6(11)7(4-10)13-2/h5-7,11H,3-4H2,1-2H3/t5-,6+,7+/m0/s1. The number of alkyl halides is 1. The third kappa shape index (κ3) is 2.33. The van der Waals surface area contributed by atoms with Crippen molar-refractivity contribution in [2.24, 2.45) is 0 Å². The van der Waals surface area contributed by atoms with E-state index in [4.69, 9.17) is 16.3 Å². The number of hydrogen-bond acceptors (Lipinski definition) is 3. The van der Waals surface area contributed by atoms with E-state index in [0.29, 0.717) is 13.1 Å².